The van der Waals surface area contributed by atoms with Crippen LogP contribution in [-0.4, -0.2) is 64.8 Å². The summed E-state index contributed by atoms with van der Waals surface area (Å²) in [6.45, 7) is 5.86. The highest BCUT2D eigenvalue weighted by Crippen LogP contribution is 2.28. The van der Waals surface area contributed by atoms with E-state index in [-0.39, 0.29) is 44.9 Å². The minimum atomic E-state index is -4.00. The third-order valence-electron chi connectivity index (χ3n) is 7.75. The van der Waals surface area contributed by atoms with Crippen molar-refractivity contribution < 1.29 is 49.8 Å². The summed E-state index contributed by atoms with van der Waals surface area (Å²) in [4.78, 5) is 28.5. The highest BCUT2D eigenvalue weighted by molar-refractivity contribution is 7.86. The maximum absolute atomic E-state index is 14.9. The summed E-state index contributed by atoms with van der Waals surface area (Å²) >= 11 is 0. The number of urea groups is 1. The van der Waals surface area contributed by atoms with E-state index in [1.807, 2.05) is 20.8 Å². The van der Waals surface area contributed by atoms with E-state index in [0.29, 0.717) is 22.8 Å². The van der Waals surface area contributed by atoms with Gasteiger partial charge in [0.2, 0.25) is 0 Å². The van der Waals surface area contributed by atoms with Crippen LogP contribution >= 0.6 is 0 Å². The van der Waals surface area contributed by atoms with Gasteiger partial charge in [0.15, 0.2) is 0 Å². The number of aromatic nitrogens is 3. The fourth-order valence-electron chi connectivity index (χ4n) is 4.80. The number of aliphatic hydroxyl groups is 1. The molecule has 6 aromatic rings. The zero-order valence-electron chi connectivity index (χ0n) is 32.1. The minimum Gasteiger partial charge on any atom is -0.457 e. The summed E-state index contributed by atoms with van der Waals surface area (Å²) in [5.74, 6) is -0.256. The largest absolute Gasteiger partial charge is 0.457 e. The van der Waals surface area contributed by atoms with Crippen LogP contribution in [0.1, 0.15) is 42.5 Å². The van der Waals surface area contributed by atoms with Crippen molar-refractivity contribution in [1.82, 2.24) is 20.1 Å². The molecule has 16 nitrogen and oxygen atoms in total. The molecule has 6 N–H and O–H groups in total. The normalized spacial score (nSPS) is 11.2. The monoisotopic (exact) mass is 848 g/mol. The maximum atomic E-state index is 14.9. The van der Waals surface area contributed by atoms with Gasteiger partial charge in [-0.1, -0.05) is 69.3 Å². The van der Waals surface area contributed by atoms with Crippen LogP contribution in [0.2, 0.25) is 0 Å². The van der Waals surface area contributed by atoms with Gasteiger partial charge in [0, 0.05) is 36.9 Å². The summed E-state index contributed by atoms with van der Waals surface area (Å²) in [6.07, 6.45) is 1.41. The predicted octanol–water partition coefficient (Wildman–Crippen LogP) is 6.86. The zero-order chi connectivity index (χ0) is 43.4. The Labute approximate surface area is 340 Å². The molecule has 6 rings (SSSR count). The van der Waals surface area contributed by atoms with E-state index in [1.165, 1.54) is 61.8 Å². The van der Waals surface area contributed by atoms with E-state index in [2.05, 4.69) is 26.0 Å². The van der Waals surface area contributed by atoms with Gasteiger partial charge in [0.05, 0.1) is 33.5 Å². The van der Waals surface area contributed by atoms with E-state index in [0.717, 1.165) is 11.8 Å². The summed E-state index contributed by atoms with van der Waals surface area (Å²) in [5.41, 5.74) is 1.86. The van der Waals surface area contributed by atoms with Crippen LogP contribution in [0.3, 0.4) is 0 Å². The first-order chi connectivity index (χ1) is 27.8. The molecule has 2 aromatic heterocycles. The van der Waals surface area contributed by atoms with Gasteiger partial charge in [-0.2, -0.15) is 21.9 Å². The van der Waals surface area contributed by atoms with Crippen LogP contribution in [-0.2, 0) is 32.3 Å². The molecule has 19 heteroatoms. The van der Waals surface area contributed by atoms with Gasteiger partial charge in [-0.25, -0.2) is 13.9 Å². The molecule has 0 unspecified atom stereocenters. The second-order valence-electron chi connectivity index (χ2n) is 13.3. The van der Waals surface area contributed by atoms with Crippen molar-refractivity contribution in [1.29, 1.82) is 0 Å². The summed E-state index contributed by atoms with van der Waals surface area (Å²) in [6, 6.07) is 30.0. The van der Waals surface area contributed by atoms with E-state index < -0.39 is 32.1 Å². The van der Waals surface area contributed by atoms with E-state index >= 15 is 0 Å². The number of anilines is 2. The lowest BCUT2D eigenvalue weighted by Gasteiger charge is -2.14. The number of amides is 3. The SMILES string of the molecule is CNC(=O)c1cc(Oc2ccc(NC(=O)Nc3cc(C(C)(C)C)nn3-c3cccc(CO)c3)c(F)c2)ccn1.O=S(=O)(O)c1ccccc1.O=S(=O)(O)c1ccccc1. The molecule has 0 bridgehead atoms. The molecule has 0 fully saturated rings. The Hall–Kier alpha value is -6.51. The van der Waals surface area contributed by atoms with Crippen LogP contribution in [0, 0.1) is 5.82 Å². The molecule has 4 aromatic carbocycles. The number of ether oxygens (including phenoxy) is 1. The third-order valence-corrected chi connectivity index (χ3v) is 9.49. The minimum absolute atomic E-state index is 0.0648. The van der Waals surface area contributed by atoms with Gasteiger partial charge in [0.25, 0.3) is 26.1 Å². The summed E-state index contributed by atoms with van der Waals surface area (Å²) in [5, 5.41) is 21.9. The molecule has 310 valence electrons. The number of carbonyl (C=O) groups is 2. The number of aliphatic hydroxyl groups excluding tert-OH is 1. The van der Waals surface area contributed by atoms with E-state index in [4.69, 9.17) is 13.8 Å². The standard InChI is InChI=1S/C28H29FN6O4.2C6H6O3S/c1-28(2,3)24-15-25(35(34-24)18-7-5-6-17(12-18)16-36)33-27(38)32-22-9-8-19(13-21(22)29)39-20-10-11-31-23(14-20)26(37)30-4;2*7-10(8,9)6-4-2-1-3-5-6/h5-15,36H,16H2,1-4H3,(H,30,37)(H2,32,33,38);2*1-5H,(H,7,8,9). The molecule has 0 aliphatic heterocycles. The van der Waals surface area contributed by atoms with Gasteiger partial charge in [-0.15, -0.1) is 0 Å². The molecule has 3 amide bonds. The first-order valence-electron chi connectivity index (χ1n) is 17.4. The Bertz CT molecular complexity index is 2540. The van der Waals surface area contributed by atoms with Gasteiger partial charge >= 0.3 is 6.03 Å². The molecule has 0 saturated heterocycles. The molecule has 0 atom stereocenters. The molecular weight excluding hydrogens is 808 g/mol. The number of benzene rings is 4. The number of nitrogens with one attached hydrogen (secondary N) is 3. The number of halogens is 1. The predicted molar refractivity (Wildman–Crippen MR) is 217 cm³/mol. The van der Waals surface area contributed by atoms with Crippen molar-refractivity contribution in [3.05, 3.63) is 150 Å². The number of hydrogen-bond acceptors (Lipinski definition) is 10. The van der Waals surface area contributed by atoms with Gasteiger partial charge in [-0.05, 0) is 60.2 Å². The number of hydrogen-bond donors (Lipinski definition) is 6. The molecule has 0 aliphatic carbocycles. The topological polar surface area (TPSA) is 239 Å². The summed E-state index contributed by atoms with van der Waals surface area (Å²) < 4.78 is 80.6. The Balaban J connectivity index is 0.000000311. The first kappa shape index (κ1) is 45.2. The maximum Gasteiger partial charge on any atom is 0.324 e. The smallest absolute Gasteiger partial charge is 0.324 e. The summed E-state index contributed by atoms with van der Waals surface area (Å²) in [7, 11) is -6.52. The lowest BCUT2D eigenvalue weighted by Crippen LogP contribution is -2.22. The van der Waals surface area contributed by atoms with Crippen molar-refractivity contribution in [2.24, 2.45) is 0 Å². The number of rotatable bonds is 9. The zero-order valence-corrected chi connectivity index (χ0v) is 33.7. The Morgan fingerprint density at radius 2 is 1.36 bits per heavy atom. The first-order valence-corrected chi connectivity index (χ1v) is 20.3. The Morgan fingerprint density at radius 1 is 0.763 bits per heavy atom. The van der Waals surface area contributed by atoms with Crippen molar-refractivity contribution in [3.63, 3.8) is 0 Å². The number of carbonyl (C=O) groups excluding carboxylic acids is 2. The molecule has 0 aliphatic rings. The lowest BCUT2D eigenvalue weighted by atomic mass is 9.92. The quantitative estimate of drug-likeness (QED) is 0.0819. The van der Waals surface area contributed by atoms with Crippen LogP contribution in [0.25, 0.3) is 5.69 Å². The van der Waals surface area contributed by atoms with Gasteiger partial charge < -0.3 is 20.5 Å². The second kappa shape index (κ2) is 19.8. The van der Waals surface area contributed by atoms with Gasteiger partial charge in [0.1, 0.15) is 28.8 Å². The molecular formula is C40H41FN6O10S2. The third kappa shape index (κ3) is 13.5. The van der Waals surface area contributed by atoms with E-state index in [9.17, 15) is 35.9 Å². The fraction of sp³-hybridized carbons (Fsp3) is 0.150. The lowest BCUT2D eigenvalue weighted by molar-refractivity contribution is 0.0957. The van der Waals surface area contributed by atoms with Crippen molar-refractivity contribution in [3.8, 4) is 17.2 Å². The van der Waals surface area contributed by atoms with Crippen LogP contribution < -0.4 is 20.7 Å². The highest BCUT2D eigenvalue weighted by atomic mass is 32.2. The number of nitrogens with zero attached hydrogens (tertiary/aromatic N) is 3. The Morgan fingerprint density at radius 3 is 1.86 bits per heavy atom. The van der Waals surface area contributed by atoms with E-state index in [1.54, 1.807) is 71.4 Å². The van der Waals surface area contributed by atoms with Crippen molar-refractivity contribution in [2.45, 2.75) is 42.6 Å². The Kier molecular flexibility index (Phi) is 15.1. The van der Waals surface area contributed by atoms with Crippen molar-refractivity contribution >= 4 is 43.7 Å². The molecule has 59 heavy (non-hydrogen) atoms. The molecule has 0 spiro atoms. The van der Waals surface area contributed by atoms with Crippen LogP contribution in [0.5, 0.6) is 11.5 Å². The van der Waals surface area contributed by atoms with Crippen molar-refractivity contribution in [2.75, 3.05) is 17.7 Å². The highest BCUT2D eigenvalue weighted by Gasteiger charge is 2.22. The molecule has 0 saturated carbocycles. The fourth-order valence-corrected chi connectivity index (χ4v) is 5.80. The van der Waals surface area contributed by atoms with Gasteiger partial charge in [-0.3, -0.25) is 24.2 Å². The van der Waals surface area contributed by atoms with Crippen LogP contribution in [0.15, 0.2) is 137 Å². The average Bonchev–Trinajstić information content (AvgIpc) is 3.64. The average molecular weight is 849 g/mol. The second-order valence-corrected chi connectivity index (χ2v) is 16.1. The molecule has 0 radical (unpaired) electrons. The van der Waals surface area contributed by atoms with Crippen LogP contribution in [0.4, 0.5) is 20.7 Å². The molecule has 2 heterocycles. The number of pyridine rings is 1.